The van der Waals surface area contributed by atoms with Gasteiger partial charge in [-0.25, -0.2) is 4.39 Å². The van der Waals surface area contributed by atoms with E-state index in [-0.39, 0.29) is 17.0 Å². The lowest BCUT2D eigenvalue weighted by molar-refractivity contribution is 0.0952. The monoisotopic (exact) mass is 273 g/mol. The van der Waals surface area contributed by atoms with Crippen LogP contribution in [0.3, 0.4) is 0 Å². The molecule has 0 aromatic heterocycles. The van der Waals surface area contributed by atoms with Crippen molar-refractivity contribution in [2.75, 3.05) is 6.54 Å². The van der Waals surface area contributed by atoms with Crippen molar-refractivity contribution < 1.29 is 9.18 Å². The first kappa shape index (κ1) is 12.2. The van der Waals surface area contributed by atoms with Crippen molar-refractivity contribution in [3.05, 3.63) is 65.5 Å². The Balaban J connectivity index is 1.94. The molecule has 1 aliphatic heterocycles. The van der Waals surface area contributed by atoms with Gasteiger partial charge in [0.2, 0.25) is 0 Å². The first-order valence-corrected chi connectivity index (χ1v) is 6.91. The lowest BCUT2D eigenvalue weighted by atomic mass is 10.1. The lowest BCUT2D eigenvalue weighted by Crippen LogP contribution is -2.25. The Kier molecular flexibility index (Phi) is 3.25. The number of halogens is 1. The first-order chi connectivity index (χ1) is 9.24. The summed E-state index contributed by atoms with van der Waals surface area (Å²) < 4.78 is 13.0. The van der Waals surface area contributed by atoms with Crippen LogP contribution in [0, 0.1) is 5.82 Å². The number of benzene rings is 2. The fourth-order valence-electron chi connectivity index (χ4n) is 2.10. The molecule has 1 amide bonds. The zero-order valence-electron chi connectivity index (χ0n) is 10.1. The Morgan fingerprint density at radius 3 is 2.63 bits per heavy atom. The van der Waals surface area contributed by atoms with Gasteiger partial charge in [-0.15, -0.1) is 11.8 Å². The maximum atomic E-state index is 13.0. The summed E-state index contributed by atoms with van der Waals surface area (Å²) in [4.78, 5) is 12.9. The minimum Gasteiger partial charge on any atom is -0.351 e. The number of rotatable bonds is 1. The minimum absolute atomic E-state index is 0.0484. The Morgan fingerprint density at radius 1 is 1.11 bits per heavy atom. The molecule has 0 spiro atoms. The topological polar surface area (TPSA) is 29.1 Å². The van der Waals surface area contributed by atoms with Crippen molar-refractivity contribution in [1.82, 2.24) is 5.32 Å². The number of carbonyl (C=O) groups excluding carboxylic acids is 1. The van der Waals surface area contributed by atoms with E-state index in [2.05, 4.69) is 5.32 Å². The van der Waals surface area contributed by atoms with E-state index in [9.17, 15) is 9.18 Å². The molecule has 0 bridgehead atoms. The van der Waals surface area contributed by atoms with Gasteiger partial charge in [0.15, 0.2) is 0 Å². The van der Waals surface area contributed by atoms with Crippen LogP contribution >= 0.6 is 11.8 Å². The van der Waals surface area contributed by atoms with E-state index in [1.165, 1.54) is 12.1 Å². The maximum Gasteiger partial charge on any atom is 0.252 e. The third-order valence-corrected chi connectivity index (χ3v) is 4.42. The Labute approximate surface area is 115 Å². The predicted molar refractivity (Wildman–Crippen MR) is 73.8 cm³/mol. The number of nitrogens with one attached hydrogen (secondary N) is 1. The number of hydrogen-bond donors (Lipinski definition) is 1. The van der Waals surface area contributed by atoms with Gasteiger partial charge in [0.25, 0.3) is 5.91 Å². The third kappa shape index (κ3) is 2.49. The van der Waals surface area contributed by atoms with E-state index in [4.69, 9.17) is 0 Å². The van der Waals surface area contributed by atoms with Crippen LogP contribution in [0.15, 0.2) is 53.4 Å². The predicted octanol–water partition coefficient (Wildman–Crippen LogP) is 3.40. The van der Waals surface area contributed by atoms with Crippen LogP contribution in [-0.4, -0.2) is 12.5 Å². The van der Waals surface area contributed by atoms with Crippen LogP contribution in [-0.2, 0) is 0 Å². The quantitative estimate of drug-likeness (QED) is 0.862. The molecule has 4 heteroatoms. The Morgan fingerprint density at radius 2 is 1.84 bits per heavy atom. The molecule has 1 aliphatic rings. The highest BCUT2D eigenvalue weighted by atomic mass is 32.2. The van der Waals surface area contributed by atoms with Crippen molar-refractivity contribution >= 4 is 17.7 Å². The van der Waals surface area contributed by atoms with E-state index in [0.29, 0.717) is 12.1 Å². The van der Waals surface area contributed by atoms with Gasteiger partial charge in [-0.3, -0.25) is 4.79 Å². The van der Waals surface area contributed by atoms with Gasteiger partial charge >= 0.3 is 0 Å². The largest absolute Gasteiger partial charge is 0.351 e. The molecule has 0 aliphatic carbocycles. The SMILES string of the molecule is O=C1NCC(c2ccc(F)cc2)Sc2ccccc21. The van der Waals surface area contributed by atoms with Crippen molar-refractivity contribution in [3.8, 4) is 0 Å². The lowest BCUT2D eigenvalue weighted by Gasteiger charge is -2.14. The van der Waals surface area contributed by atoms with E-state index in [0.717, 1.165) is 10.5 Å². The standard InChI is InChI=1S/C15H12FNOS/c16-11-7-5-10(6-8-11)14-9-17-15(18)12-3-1-2-4-13(12)19-14/h1-8,14H,9H2,(H,17,18). The number of amides is 1. The summed E-state index contributed by atoms with van der Waals surface area (Å²) in [6.45, 7) is 0.545. The summed E-state index contributed by atoms with van der Waals surface area (Å²) in [5.74, 6) is -0.292. The van der Waals surface area contributed by atoms with E-state index < -0.39 is 0 Å². The molecular formula is C15H12FNOS. The Hall–Kier alpha value is -1.81. The third-order valence-electron chi connectivity index (χ3n) is 3.09. The van der Waals surface area contributed by atoms with Crippen molar-refractivity contribution in [3.63, 3.8) is 0 Å². The highest BCUT2D eigenvalue weighted by Crippen LogP contribution is 2.38. The average molecular weight is 273 g/mol. The van der Waals surface area contributed by atoms with Crippen LogP contribution < -0.4 is 5.32 Å². The molecule has 19 heavy (non-hydrogen) atoms. The van der Waals surface area contributed by atoms with Gasteiger partial charge in [-0.05, 0) is 29.8 Å². The highest BCUT2D eigenvalue weighted by molar-refractivity contribution is 7.99. The zero-order chi connectivity index (χ0) is 13.2. The second-order valence-electron chi connectivity index (χ2n) is 4.36. The number of hydrogen-bond acceptors (Lipinski definition) is 2. The Bertz CT molecular complexity index is 612. The van der Waals surface area contributed by atoms with E-state index >= 15 is 0 Å². The van der Waals surface area contributed by atoms with E-state index in [1.54, 1.807) is 23.9 Å². The fraction of sp³-hybridized carbons (Fsp3) is 0.133. The smallest absolute Gasteiger partial charge is 0.252 e. The van der Waals surface area contributed by atoms with Gasteiger partial charge in [0.1, 0.15) is 5.82 Å². The average Bonchev–Trinajstić information content (AvgIpc) is 2.60. The molecule has 0 radical (unpaired) electrons. The molecule has 0 saturated heterocycles. The highest BCUT2D eigenvalue weighted by Gasteiger charge is 2.22. The number of fused-ring (bicyclic) bond motifs is 1. The molecule has 2 nitrogen and oxygen atoms in total. The van der Waals surface area contributed by atoms with Crippen molar-refractivity contribution in [1.29, 1.82) is 0 Å². The van der Waals surface area contributed by atoms with Crippen LogP contribution in [0.25, 0.3) is 0 Å². The van der Waals surface area contributed by atoms with E-state index in [1.807, 2.05) is 24.3 Å². The molecule has 0 fully saturated rings. The molecule has 96 valence electrons. The number of carbonyl (C=O) groups is 1. The molecule has 3 rings (SSSR count). The molecule has 1 unspecified atom stereocenters. The van der Waals surface area contributed by atoms with Crippen LogP contribution in [0.5, 0.6) is 0 Å². The second kappa shape index (κ2) is 5.05. The molecular weight excluding hydrogens is 261 g/mol. The summed E-state index contributed by atoms with van der Waals surface area (Å²) >= 11 is 1.63. The summed E-state index contributed by atoms with van der Waals surface area (Å²) in [5, 5.41) is 3.02. The second-order valence-corrected chi connectivity index (χ2v) is 5.61. The first-order valence-electron chi connectivity index (χ1n) is 6.03. The molecule has 1 N–H and O–H groups in total. The molecule has 2 aromatic rings. The summed E-state index contributed by atoms with van der Waals surface area (Å²) in [7, 11) is 0. The van der Waals surface area contributed by atoms with Crippen molar-refractivity contribution in [2.24, 2.45) is 0 Å². The molecule has 2 aromatic carbocycles. The normalized spacial score (nSPS) is 18.4. The van der Waals surface area contributed by atoms with Crippen molar-refractivity contribution in [2.45, 2.75) is 10.1 Å². The van der Waals surface area contributed by atoms with Gasteiger partial charge in [0.05, 0.1) is 10.8 Å². The van der Waals surface area contributed by atoms with Gasteiger partial charge in [-0.2, -0.15) is 0 Å². The summed E-state index contributed by atoms with van der Waals surface area (Å²) in [6, 6.07) is 14.0. The summed E-state index contributed by atoms with van der Waals surface area (Å²) in [5.41, 5.74) is 1.72. The number of thioether (sulfide) groups is 1. The van der Waals surface area contributed by atoms with Crippen LogP contribution in [0.2, 0.25) is 0 Å². The van der Waals surface area contributed by atoms with Gasteiger partial charge in [-0.1, -0.05) is 24.3 Å². The summed E-state index contributed by atoms with van der Waals surface area (Å²) in [6.07, 6.45) is 0. The molecule has 1 atom stereocenters. The molecule has 0 saturated carbocycles. The molecule has 1 heterocycles. The fourth-order valence-corrected chi connectivity index (χ4v) is 3.31. The van der Waals surface area contributed by atoms with Crippen LogP contribution in [0.4, 0.5) is 4.39 Å². The van der Waals surface area contributed by atoms with Crippen LogP contribution in [0.1, 0.15) is 21.2 Å². The van der Waals surface area contributed by atoms with Gasteiger partial charge in [0, 0.05) is 11.4 Å². The zero-order valence-corrected chi connectivity index (χ0v) is 10.9. The minimum atomic E-state index is -0.244. The maximum absolute atomic E-state index is 13.0. The van der Waals surface area contributed by atoms with Gasteiger partial charge < -0.3 is 5.32 Å².